The summed E-state index contributed by atoms with van der Waals surface area (Å²) >= 11 is 5.82. The third kappa shape index (κ3) is 3.56. The summed E-state index contributed by atoms with van der Waals surface area (Å²) in [6.45, 7) is 2.17. The van der Waals surface area contributed by atoms with Gasteiger partial charge in [0.1, 0.15) is 5.15 Å². The molecule has 0 aliphatic heterocycles. The SMILES string of the molecule is Cc1cc(C(=O)NCc2ccc(C#N)cc2)cc(Cl)n1. The van der Waals surface area contributed by atoms with Gasteiger partial charge in [0.25, 0.3) is 5.91 Å². The predicted molar refractivity (Wildman–Crippen MR) is 76.3 cm³/mol. The predicted octanol–water partition coefficient (Wildman–Crippen LogP) is 2.85. The molecule has 0 radical (unpaired) electrons. The maximum atomic E-state index is 12.0. The van der Waals surface area contributed by atoms with Crippen LogP contribution < -0.4 is 5.32 Å². The van der Waals surface area contributed by atoms with Gasteiger partial charge in [-0.1, -0.05) is 23.7 Å². The lowest BCUT2D eigenvalue weighted by molar-refractivity contribution is 0.0950. The van der Waals surface area contributed by atoms with Gasteiger partial charge in [-0.05, 0) is 36.8 Å². The Bertz CT molecular complexity index is 654. The Morgan fingerprint density at radius 3 is 2.65 bits per heavy atom. The molecule has 1 heterocycles. The summed E-state index contributed by atoms with van der Waals surface area (Å²) in [6, 6.07) is 12.3. The van der Waals surface area contributed by atoms with Crippen LogP contribution in [0.25, 0.3) is 0 Å². The Kier molecular flexibility index (Phi) is 4.34. The summed E-state index contributed by atoms with van der Waals surface area (Å²) in [5, 5.41) is 11.8. The highest BCUT2D eigenvalue weighted by Gasteiger charge is 2.07. The molecule has 0 unspecified atom stereocenters. The molecular formula is C15H12ClN3O. The Labute approximate surface area is 122 Å². The van der Waals surface area contributed by atoms with Gasteiger partial charge in [0.05, 0.1) is 11.6 Å². The van der Waals surface area contributed by atoms with E-state index in [1.807, 2.05) is 18.2 Å². The Morgan fingerprint density at radius 1 is 1.35 bits per heavy atom. The second-order valence-electron chi connectivity index (χ2n) is 4.31. The van der Waals surface area contributed by atoms with Gasteiger partial charge < -0.3 is 5.32 Å². The molecule has 20 heavy (non-hydrogen) atoms. The lowest BCUT2D eigenvalue weighted by atomic mass is 10.1. The van der Waals surface area contributed by atoms with Gasteiger partial charge >= 0.3 is 0 Å². The van der Waals surface area contributed by atoms with Gasteiger partial charge in [0.2, 0.25) is 0 Å². The molecule has 2 rings (SSSR count). The molecule has 0 aliphatic carbocycles. The first-order valence-electron chi connectivity index (χ1n) is 6.00. The molecule has 2 aromatic rings. The van der Waals surface area contributed by atoms with Crippen LogP contribution >= 0.6 is 11.6 Å². The van der Waals surface area contributed by atoms with E-state index in [1.165, 1.54) is 6.07 Å². The van der Waals surface area contributed by atoms with Crippen molar-refractivity contribution < 1.29 is 4.79 Å². The van der Waals surface area contributed by atoms with Crippen molar-refractivity contribution in [3.8, 4) is 6.07 Å². The van der Waals surface area contributed by atoms with E-state index < -0.39 is 0 Å². The minimum absolute atomic E-state index is 0.207. The quantitative estimate of drug-likeness (QED) is 0.882. The molecule has 0 spiro atoms. The number of aryl methyl sites for hydroxylation is 1. The fourth-order valence-electron chi connectivity index (χ4n) is 1.74. The van der Waals surface area contributed by atoms with E-state index in [1.54, 1.807) is 25.1 Å². The van der Waals surface area contributed by atoms with Crippen molar-refractivity contribution in [2.75, 3.05) is 0 Å². The van der Waals surface area contributed by atoms with E-state index in [2.05, 4.69) is 10.3 Å². The largest absolute Gasteiger partial charge is 0.348 e. The zero-order chi connectivity index (χ0) is 14.5. The zero-order valence-electron chi connectivity index (χ0n) is 10.9. The monoisotopic (exact) mass is 285 g/mol. The van der Waals surface area contributed by atoms with E-state index in [0.717, 1.165) is 5.56 Å². The molecule has 0 fully saturated rings. The molecule has 1 aromatic heterocycles. The maximum Gasteiger partial charge on any atom is 0.251 e. The Morgan fingerprint density at radius 2 is 2.05 bits per heavy atom. The summed E-state index contributed by atoms with van der Waals surface area (Å²) in [6.07, 6.45) is 0. The van der Waals surface area contributed by atoms with Crippen LogP contribution in [0.15, 0.2) is 36.4 Å². The number of pyridine rings is 1. The van der Waals surface area contributed by atoms with Crippen LogP contribution in [-0.2, 0) is 6.54 Å². The van der Waals surface area contributed by atoms with Crippen LogP contribution in [0.4, 0.5) is 0 Å². The summed E-state index contributed by atoms with van der Waals surface area (Å²) < 4.78 is 0. The molecule has 0 bridgehead atoms. The van der Waals surface area contributed by atoms with Crippen molar-refractivity contribution in [3.63, 3.8) is 0 Å². The molecule has 1 N–H and O–H groups in total. The fourth-order valence-corrected chi connectivity index (χ4v) is 1.99. The Hall–Kier alpha value is -2.38. The van der Waals surface area contributed by atoms with Crippen molar-refractivity contribution in [1.82, 2.24) is 10.3 Å². The van der Waals surface area contributed by atoms with Gasteiger partial charge in [-0.25, -0.2) is 4.98 Å². The molecule has 5 heteroatoms. The Balaban J connectivity index is 2.02. The normalized spacial score (nSPS) is 9.85. The number of rotatable bonds is 3. The van der Waals surface area contributed by atoms with Crippen LogP contribution in [0.1, 0.15) is 27.2 Å². The standard InChI is InChI=1S/C15H12ClN3O/c1-10-6-13(7-14(16)19-10)15(20)18-9-12-4-2-11(8-17)3-5-12/h2-7H,9H2,1H3,(H,18,20). The molecule has 4 nitrogen and oxygen atoms in total. The third-order valence-electron chi connectivity index (χ3n) is 2.72. The first-order chi connectivity index (χ1) is 9.58. The molecule has 0 saturated carbocycles. The van der Waals surface area contributed by atoms with E-state index >= 15 is 0 Å². The van der Waals surface area contributed by atoms with Crippen molar-refractivity contribution in [1.29, 1.82) is 5.26 Å². The average Bonchev–Trinajstić information content (AvgIpc) is 2.44. The second kappa shape index (κ2) is 6.18. The number of nitrogens with one attached hydrogen (secondary N) is 1. The van der Waals surface area contributed by atoms with Crippen LogP contribution in [0.2, 0.25) is 5.15 Å². The number of benzene rings is 1. The lowest BCUT2D eigenvalue weighted by Gasteiger charge is -2.06. The van der Waals surface area contributed by atoms with Crippen molar-refractivity contribution in [2.45, 2.75) is 13.5 Å². The highest BCUT2D eigenvalue weighted by Crippen LogP contribution is 2.10. The van der Waals surface area contributed by atoms with E-state index in [0.29, 0.717) is 28.5 Å². The summed E-state index contributed by atoms with van der Waals surface area (Å²) in [4.78, 5) is 16.0. The van der Waals surface area contributed by atoms with Gasteiger partial charge in [0.15, 0.2) is 0 Å². The van der Waals surface area contributed by atoms with Crippen LogP contribution in [0.3, 0.4) is 0 Å². The summed E-state index contributed by atoms with van der Waals surface area (Å²) in [7, 11) is 0. The number of hydrogen-bond donors (Lipinski definition) is 1. The van der Waals surface area contributed by atoms with E-state index in [-0.39, 0.29) is 5.91 Å². The summed E-state index contributed by atoms with van der Waals surface area (Å²) in [5.41, 5.74) is 2.70. The first-order valence-corrected chi connectivity index (χ1v) is 6.38. The van der Waals surface area contributed by atoms with Crippen molar-refractivity contribution in [3.05, 3.63) is 63.9 Å². The smallest absolute Gasteiger partial charge is 0.251 e. The van der Waals surface area contributed by atoms with Gasteiger partial charge in [-0.3, -0.25) is 4.79 Å². The highest BCUT2D eigenvalue weighted by molar-refractivity contribution is 6.29. The first kappa shape index (κ1) is 14.0. The second-order valence-corrected chi connectivity index (χ2v) is 4.70. The van der Waals surface area contributed by atoms with Crippen LogP contribution in [0.5, 0.6) is 0 Å². The zero-order valence-corrected chi connectivity index (χ0v) is 11.6. The number of nitrogens with zero attached hydrogens (tertiary/aromatic N) is 2. The molecule has 0 atom stereocenters. The molecule has 0 saturated heterocycles. The lowest BCUT2D eigenvalue weighted by Crippen LogP contribution is -2.23. The minimum Gasteiger partial charge on any atom is -0.348 e. The molecular weight excluding hydrogens is 274 g/mol. The number of aromatic nitrogens is 1. The van der Waals surface area contributed by atoms with E-state index in [4.69, 9.17) is 16.9 Å². The minimum atomic E-state index is -0.207. The van der Waals surface area contributed by atoms with Crippen LogP contribution in [-0.4, -0.2) is 10.9 Å². The van der Waals surface area contributed by atoms with Crippen LogP contribution in [0, 0.1) is 18.3 Å². The van der Waals surface area contributed by atoms with Crippen molar-refractivity contribution in [2.24, 2.45) is 0 Å². The van der Waals surface area contributed by atoms with Gasteiger partial charge in [0, 0.05) is 17.8 Å². The fraction of sp³-hybridized carbons (Fsp3) is 0.133. The number of nitriles is 1. The summed E-state index contributed by atoms with van der Waals surface area (Å²) in [5.74, 6) is -0.207. The third-order valence-corrected chi connectivity index (χ3v) is 2.91. The molecule has 100 valence electrons. The van der Waals surface area contributed by atoms with Gasteiger partial charge in [-0.15, -0.1) is 0 Å². The van der Waals surface area contributed by atoms with Crippen molar-refractivity contribution >= 4 is 17.5 Å². The number of hydrogen-bond acceptors (Lipinski definition) is 3. The average molecular weight is 286 g/mol. The molecule has 0 aliphatic rings. The maximum absolute atomic E-state index is 12.0. The van der Waals surface area contributed by atoms with E-state index in [9.17, 15) is 4.79 Å². The topological polar surface area (TPSA) is 65.8 Å². The molecule has 1 amide bonds. The number of amides is 1. The number of carbonyl (C=O) groups is 1. The highest BCUT2D eigenvalue weighted by atomic mass is 35.5. The molecule has 1 aromatic carbocycles. The number of halogens is 1. The number of carbonyl (C=O) groups excluding carboxylic acids is 1. The van der Waals surface area contributed by atoms with Gasteiger partial charge in [-0.2, -0.15) is 5.26 Å².